The highest BCUT2D eigenvalue weighted by Gasteiger charge is 2.50. The summed E-state index contributed by atoms with van der Waals surface area (Å²) in [6.45, 7) is 13.3. The van der Waals surface area contributed by atoms with E-state index in [0.29, 0.717) is 56.1 Å². The molecule has 6 rings (SSSR count). The predicted octanol–water partition coefficient (Wildman–Crippen LogP) is 4.40. The largest absolute Gasteiger partial charge is 0.496 e. The molecule has 2 aliphatic heterocycles. The molecule has 10 atom stereocenters. The second-order valence-corrected chi connectivity index (χ2v) is 19.7. The summed E-state index contributed by atoms with van der Waals surface area (Å²) in [6, 6.07) is 9.38. The maximum absolute atomic E-state index is 14.6. The number of nitrogens with one attached hydrogen (secondary N) is 2. The van der Waals surface area contributed by atoms with Gasteiger partial charge in [0.25, 0.3) is 5.91 Å². The minimum atomic E-state index is -0.902. The number of aliphatic hydroxyl groups is 2. The number of allylic oxidation sites excluding steroid dienone is 4. The average molecular weight is 875 g/mol. The van der Waals surface area contributed by atoms with E-state index in [4.69, 9.17) is 14.3 Å². The van der Waals surface area contributed by atoms with Gasteiger partial charge >= 0.3 is 0 Å². The van der Waals surface area contributed by atoms with Crippen molar-refractivity contribution in [3.05, 3.63) is 82.8 Å². The van der Waals surface area contributed by atoms with E-state index in [0.717, 1.165) is 68.8 Å². The number of likely N-dealkylation sites (N-methyl/N-ethyl adjacent to an activating group) is 1. The smallest absolute Gasteiger partial charge is 0.251 e. The van der Waals surface area contributed by atoms with Gasteiger partial charge < -0.3 is 40.1 Å². The summed E-state index contributed by atoms with van der Waals surface area (Å²) in [5.41, 5.74) is 3.75. The molecule has 4 N–H and O–H groups in total. The lowest BCUT2D eigenvalue weighted by Crippen LogP contribution is -2.54. The van der Waals surface area contributed by atoms with Crippen LogP contribution >= 0.6 is 0 Å². The molecule has 13 nitrogen and oxygen atoms in total. The zero-order valence-corrected chi connectivity index (χ0v) is 39.4. The first-order chi connectivity index (χ1) is 30.2. The van der Waals surface area contributed by atoms with Crippen LogP contribution in [-0.4, -0.2) is 159 Å². The molecule has 0 spiro atoms. The molecule has 350 valence electrons. The minimum Gasteiger partial charge on any atom is -0.496 e. The van der Waals surface area contributed by atoms with Gasteiger partial charge in [0.2, 0.25) is 5.91 Å². The van der Waals surface area contributed by atoms with E-state index in [1.165, 1.54) is 5.56 Å². The lowest BCUT2D eigenvalue weighted by Gasteiger charge is -2.38. The Kier molecular flexibility index (Phi) is 17.9. The number of hydrogen-bond donors (Lipinski definition) is 4. The molecule has 2 unspecified atom stereocenters. The van der Waals surface area contributed by atoms with Gasteiger partial charge in [0, 0.05) is 81.0 Å². The van der Waals surface area contributed by atoms with Crippen LogP contribution in [-0.2, 0) is 30.3 Å². The Morgan fingerprint density at radius 2 is 1.79 bits per heavy atom. The van der Waals surface area contributed by atoms with Gasteiger partial charge in [-0.05, 0) is 94.9 Å². The van der Waals surface area contributed by atoms with Gasteiger partial charge in [0.15, 0.2) is 0 Å². The van der Waals surface area contributed by atoms with E-state index >= 15 is 0 Å². The van der Waals surface area contributed by atoms with Gasteiger partial charge in [-0.25, -0.2) is 0 Å². The highest BCUT2D eigenvalue weighted by molar-refractivity contribution is 5.96. The summed E-state index contributed by atoms with van der Waals surface area (Å²) < 4.78 is 12.5. The van der Waals surface area contributed by atoms with Crippen LogP contribution in [0.2, 0.25) is 0 Å². The third-order valence-corrected chi connectivity index (χ3v) is 14.1. The topological polar surface area (TPSA) is 139 Å². The van der Waals surface area contributed by atoms with Crippen LogP contribution in [0.4, 0.5) is 0 Å². The lowest BCUT2D eigenvalue weighted by molar-refractivity contribution is -0.172. The second kappa shape index (κ2) is 23.1. The SMILES string of the molecule is CC(C)[C@@H]1CC[C@H](C)[C@@H](NC(=O)[C@@H]2[C@H]([C@H](C)O)[C@H](CO)ON2CC2=C(OCCN3CCOCC3)C(C3C=C(C(=O)N[C@@H](Cc4ccccc4)CN(C)C)C=C(N(C)C)C3)CC=C2)C1. The standard InChI is InChI=1S/C50H78N6O7/c1-33(2)37-18-17-34(3)44(29-37)52-50(60)47-46(35(4)58)45(32-57)63-56(47)30-38-15-12-16-43(48(38)62-24-21-55-19-22-61-23-20-55)39-26-40(28-42(27-39)54(7)8)49(59)51-41(31-53(5)6)25-36-13-10-9-11-14-36/h9-15,26,28,33-35,37,39,41,43-47,57-58H,16-25,27,29-32H2,1-8H3,(H,51,59)(H,52,60)/t34-,35-,37+,39?,41-,43?,44-,45-,46+,47-/m0/s1. The molecule has 3 aliphatic carbocycles. The molecule has 13 heteroatoms. The average Bonchev–Trinajstić information content (AvgIpc) is 3.63. The Morgan fingerprint density at radius 1 is 1.05 bits per heavy atom. The molecule has 0 bridgehead atoms. The first kappa shape index (κ1) is 48.9. The van der Waals surface area contributed by atoms with E-state index in [9.17, 15) is 19.8 Å². The monoisotopic (exact) mass is 875 g/mol. The molecular formula is C50H78N6O7. The third kappa shape index (κ3) is 13.0. The fraction of sp³-hybridized carbons (Fsp3) is 0.680. The Morgan fingerprint density at radius 3 is 2.46 bits per heavy atom. The van der Waals surface area contributed by atoms with E-state index in [2.05, 4.69) is 76.5 Å². The summed E-state index contributed by atoms with van der Waals surface area (Å²) >= 11 is 0. The lowest BCUT2D eigenvalue weighted by atomic mass is 9.74. The highest BCUT2D eigenvalue weighted by atomic mass is 16.7. The summed E-state index contributed by atoms with van der Waals surface area (Å²) in [5, 5.41) is 30.2. The Hall–Kier alpha value is -3.56. The first-order valence-corrected chi connectivity index (χ1v) is 23.7. The van der Waals surface area contributed by atoms with Crippen LogP contribution in [0, 0.1) is 35.5 Å². The van der Waals surface area contributed by atoms with Crippen molar-refractivity contribution in [1.82, 2.24) is 30.4 Å². The van der Waals surface area contributed by atoms with Crippen molar-refractivity contribution in [1.29, 1.82) is 0 Å². The molecule has 2 heterocycles. The van der Waals surface area contributed by atoms with Gasteiger partial charge in [-0.1, -0.05) is 69.3 Å². The molecule has 2 saturated heterocycles. The summed E-state index contributed by atoms with van der Waals surface area (Å²) in [6.07, 6.45) is 12.0. The van der Waals surface area contributed by atoms with Crippen LogP contribution in [0.1, 0.15) is 65.4 Å². The fourth-order valence-corrected chi connectivity index (χ4v) is 10.4. The van der Waals surface area contributed by atoms with Crippen molar-refractivity contribution in [3.63, 3.8) is 0 Å². The number of nitrogens with zero attached hydrogens (tertiary/aromatic N) is 4. The number of morpholine rings is 1. The van der Waals surface area contributed by atoms with Crippen LogP contribution in [0.5, 0.6) is 0 Å². The van der Waals surface area contributed by atoms with Crippen molar-refractivity contribution >= 4 is 11.8 Å². The van der Waals surface area contributed by atoms with E-state index in [-0.39, 0.29) is 48.9 Å². The number of aliphatic hydroxyl groups excluding tert-OH is 2. The molecule has 3 fully saturated rings. The van der Waals surface area contributed by atoms with Gasteiger partial charge in [0.05, 0.1) is 32.5 Å². The maximum atomic E-state index is 14.6. The zero-order chi connectivity index (χ0) is 45.2. The molecular weight excluding hydrogens is 797 g/mol. The molecule has 0 radical (unpaired) electrons. The van der Waals surface area contributed by atoms with Crippen LogP contribution < -0.4 is 10.6 Å². The van der Waals surface area contributed by atoms with Gasteiger partial charge in [0.1, 0.15) is 24.5 Å². The van der Waals surface area contributed by atoms with Crippen molar-refractivity contribution < 1.29 is 34.1 Å². The third-order valence-electron chi connectivity index (χ3n) is 14.1. The molecule has 5 aliphatic rings. The number of hydrogen-bond acceptors (Lipinski definition) is 11. The van der Waals surface area contributed by atoms with E-state index in [1.54, 1.807) is 12.0 Å². The second-order valence-electron chi connectivity index (χ2n) is 19.7. The van der Waals surface area contributed by atoms with Crippen molar-refractivity contribution in [2.24, 2.45) is 35.5 Å². The Labute approximate surface area is 377 Å². The van der Waals surface area contributed by atoms with Crippen molar-refractivity contribution in [3.8, 4) is 0 Å². The van der Waals surface area contributed by atoms with Crippen molar-refractivity contribution in [2.75, 3.05) is 87.3 Å². The van der Waals surface area contributed by atoms with Gasteiger partial charge in [-0.15, -0.1) is 0 Å². The number of carbonyl (C=O) groups excluding carboxylic acids is 2. The molecule has 1 aromatic rings. The Balaban J connectivity index is 1.30. The van der Waals surface area contributed by atoms with Crippen LogP contribution in [0.15, 0.2) is 77.2 Å². The maximum Gasteiger partial charge on any atom is 0.251 e. The van der Waals surface area contributed by atoms with E-state index in [1.807, 2.05) is 52.5 Å². The molecule has 0 aromatic heterocycles. The fourth-order valence-electron chi connectivity index (χ4n) is 10.4. The number of hydroxylamine groups is 2. The predicted molar refractivity (Wildman–Crippen MR) is 247 cm³/mol. The van der Waals surface area contributed by atoms with Crippen LogP contribution in [0.3, 0.4) is 0 Å². The van der Waals surface area contributed by atoms with Crippen molar-refractivity contribution in [2.45, 2.75) is 96.6 Å². The number of carbonyl (C=O) groups is 2. The highest BCUT2D eigenvalue weighted by Crippen LogP contribution is 2.41. The zero-order valence-electron chi connectivity index (χ0n) is 39.4. The number of amides is 2. The normalized spacial score (nSPS) is 29.3. The van der Waals surface area contributed by atoms with Gasteiger partial charge in [-0.2, -0.15) is 5.06 Å². The summed E-state index contributed by atoms with van der Waals surface area (Å²) in [7, 11) is 8.11. The van der Waals surface area contributed by atoms with E-state index < -0.39 is 24.2 Å². The quantitative estimate of drug-likeness (QED) is 0.158. The molecule has 1 aromatic carbocycles. The Bertz CT molecular complexity index is 1770. The van der Waals surface area contributed by atoms with Gasteiger partial charge in [-0.3, -0.25) is 19.3 Å². The molecule has 2 amide bonds. The molecule has 63 heavy (non-hydrogen) atoms. The number of benzene rings is 1. The summed E-state index contributed by atoms with van der Waals surface area (Å²) in [5.74, 6) is 1.12. The summed E-state index contributed by atoms with van der Waals surface area (Å²) in [4.78, 5) is 41.9. The van der Waals surface area contributed by atoms with Crippen LogP contribution in [0.25, 0.3) is 0 Å². The minimum absolute atomic E-state index is 0.0144. The molecule has 1 saturated carbocycles. The first-order valence-electron chi connectivity index (χ1n) is 23.7. The number of rotatable bonds is 19. The number of ether oxygens (including phenoxy) is 2.